The number of hydrogen-bond acceptors (Lipinski definition) is 5. The fourth-order valence-electron chi connectivity index (χ4n) is 2.97. The third kappa shape index (κ3) is 5.95. The van der Waals surface area contributed by atoms with Crippen molar-refractivity contribution in [1.82, 2.24) is 14.7 Å². The summed E-state index contributed by atoms with van der Waals surface area (Å²) in [5, 5.41) is 15.5. The van der Waals surface area contributed by atoms with Gasteiger partial charge in [0.25, 0.3) is 5.91 Å². The zero-order valence-corrected chi connectivity index (χ0v) is 15.3. The lowest BCUT2D eigenvalue weighted by molar-refractivity contribution is -0.150. The number of anilines is 1. The number of rotatable bonds is 6. The average molecular weight is 400 g/mol. The first-order chi connectivity index (χ1) is 13.2. The monoisotopic (exact) mass is 400 g/mol. The fraction of sp³-hybridized carbons (Fsp3) is 0.647. The van der Waals surface area contributed by atoms with E-state index in [4.69, 9.17) is 11.0 Å². The maximum Gasteiger partial charge on any atom is 0.401 e. The highest BCUT2D eigenvalue weighted by molar-refractivity contribution is 5.99. The number of nitriles is 1. The predicted molar refractivity (Wildman–Crippen MR) is 94.2 cm³/mol. The number of likely N-dealkylation sites (tertiary alicyclic amines) is 1. The summed E-state index contributed by atoms with van der Waals surface area (Å²) in [7, 11) is 0. The second-order valence-electron chi connectivity index (χ2n) is 6.97. The van der Waals surface area contributed by atoms with Crippen LogP contribution in [-0.4, -0.2) is 52.8 Å². The van der Waals surface area contributed by atoms with E-state index in [2.05, 4.69) is 10.4 Å². The number of carbonyl (C=O) groups is 2. The second kappa shape index (κ2) is 9.05. The number of halogens is 3. The lowest BCUT2D eigenvalue weighted by Gasteiger charge is -2.40. The summed E-state index contributed by atoms with van der Waals surface area (Å²) in [4.78, 5) is 23.4. The Balaban J connectivity index is 0.000000849. The van der Waals surface area contributed by atoms with Crippen LogP contribution < -0.4 is 11.1 Å². The number of nitrogens with two attached hydrogens (primary N) is 1. The number of aromatic nitrogens is 2. The van der Waals surface area contributed by atoms with Gasteiger partial charge in [0.2, 0.25) is 6.41 Å². The molecule has 2 fully saturated rings. The van der Waals surface area contributed by atoms with Gasteiger partial charge in [-0.05, 0) is 12.8 Å². The van der Waals surface area contributed by atoms with Crippen LogP contribution in [0.15, 0.2) is 6.20 Å². The van der Waals surface area contributed by atoms with Crippen molar-refractivity contribution in [1.29, 1.82) is 5.26 Å². The number of piperidine rings is 1. The van der Waals surface area contributed by atoms with E-state index in [1.807, 2.05) is 6.07 Å². The third-order valence-corrected chi connectivity index (χ3v) is 4.61. The van der Waals surface area contributed by atoms with E-state index in [0.29, 0.717) is 6.41 Å². The van der Waals surface area contributed by atoms with Crippen LogP contribution in [0.4, 0.5) is 19.0 Å². The highest BCUT2D eigenvalue weighted by Crippen LogP contribution is 2.35. The standard InChI is InChI=1S/C14H17F3N6O2.C3H6/c15-14(16,17)8-22-5-2-13(1-4-18,3-6-22)23-7-10(11(19)25)12(21-23)20-9-24;1-2-3-1/h7,9H,1-3,5-6,8H2,(H2,19,25)(H,20,21,24);1-3H2. The van der Waals surface area contributed by atoms with E-state index in [0.717, 1.165) is 0 Å². The number of nitrogens with zero attached hydrogens (tertiary/aromatic N) is 4. The molecule has 1 aliphatic carbocycles. The lowest BCUT2D eigenvalue weighted by atomic mass is 9.85. The topological polar surface area (TPSA) is 117 Å². The van der Waals surface area contributed by atoms with Gasteiger partial charge in [0.1, 0.15) is 5.56 Å². The van der Waals surface area contributed by atoms with Crippen LogP contribution in [0.2, 0.25) is 0 Å². The predicted octanol–water partition coefficient (Wildman–Crippen LogP) is 1.99. The molecule has 1 saturated carbocycles. The van der Waals surface area contributed by atoms with E-state index in [1.54, 1.807) is 0 Å². The van der Waals surface area contributed by atoms with Crippen LogP contribution in [0.3, 0.4) is 0 Å². The normalized spacial score (nSPS) is 18.4. The first kappa shape index (κ1) is 21.7. The first-order valence-corrected chi connectivity index (χ1v) is 8.97. The molecule has 0 aromatic carbocycles. The Hall–Kier alpha value is -2.61. The van der Waals surface area contributed by atoms with E-state index < -0.39 is 24.2 Å². The SMILES string of the molecule is C1CC1.N#CCC1(n2cc(C(N)=O)c(NC=O)n2)CCN(CC(F)(F)F)CC1. The second-order valence-corrected chi connectivity index (χ2v) is 6.97. The van der Waals surface area contributed by atoms with Gasteiger partial charge in [0.05, 0.1) is 24.6 Å². The molecule has 0 unspecified atom stereocenters. The van der Waals surface area contributed by atoms with Gasteiger partial charge in [-0.3, -0.25) is 19.2 Å². The Morgan fingerprint density at radius 2 is 1.96 bits per heavy atom. The highest BCUT2D eigenvalue weighted by atomic mass is 19.4. The van der Waals surface area contributed by atoms with Crippen molar-refractivity contribution >= 4 is 18.1 Å². The van der Waals surface area contributed by atoms with E-state index in [1.165, 1.54) is 35.0 Å². The molecule has 0 spiro atoms. The number of carbonyl (C=O) groups excluding carboxylic acids is 2. The molecule has 3 rings (SSSR count). The van der Waals surface area contributed by atoms with Gasteiger partial charge in [0, 0.05) is 19.3 Å². The minimum atomic E-state index is -4.29. The molecule has 1 aliphatic heterocycles. The number of nitrogens with one attached hydrogen (secondary N) is 1. The van der Waals surface area contributed by atoms with Gasteiger partial charge in [-0.1, -0.05) is 19.3 Å². The van der Waals surface area contributed by atoms with Crippen LogP contribution in [0.25, 0.3) is 0 Å². The molecular weight excluding hydrogens is 377 g/mol. The van der Waals surface area contributed by atoms with Crippen molar-refractivity contribution in [3.63, 3.8) is 0 Å². The molecule has 2 amide bonds. The Kier molecular flexibility index (Phi) is 7.01. The molecule has 3 N–H and O–H groups in total. The zero-order chi connectivity index (χ0) is 20.8. The molecule has 2 heterocycles. The fourth-order valence-corrected chi connectivity index (χ4v) is 2.97. The average Bonchev–Trinajstić information content (AvgIpc) is 3.43. The van der Waals surface area contributed by atoms with E-state index >= 15 is 0 Å². The molecule has 2 aliphatic rings. The minimum absolute atomic E-state index is 0.00721. The Morgan fingerprint density at radius 1 is 1.36 bits per heavy atom. The van der Waals surface area contributed by atoms with Crippen LogP contribution in [0.5, 0.6) is 0 Å². The largest absolute Gasteiger partial charge is 0.401 e. The molecule has 0 atom stereocenters. The highest BCUT2D eigenvalue weighted by Gasteiger charge is 2.40. The third-order valence-electron chi connectivity index (χ3n) is 4.61. The number of primary amides is 1. The van der Waals surface area contributed by atoms with Crippen LogP contribution >= 0.6 is 0 Å². The summed E-state index contributed by atoms with van der Waals surface area (Å²) in [6.45, 7) is -0.758. The number of hydrogen-bond donors (Lipinski definition) is 2. The van der Waals surface area contributed by atoms with Gasteiger partial charge in [0.15, 0.2) is 5.82 Å². The molecule has 1 aromatic rings. The molecule has 8 nitrogen and oxygen atoms in total. The lowest BCUT2D eigenvalue weighted by Crippen LogP contribution is -2.48. The zero-order valence-electron chi connectivity index (χ0n) is 15.3. The summed E-state index contributed by atoms with van der Waals surface area (Å²) < 4.78 is 39.0. The summed E-state index contributed by atoms with van der Waals surface area (Å²) >= 11 is 0. The quantitative estimate of drug-likeness (QED) is 0.708. The molecular formula is C17H23F3N6O2. The Morgan fingerprint density at radius 3 is 2.39 bits per heavy atom. The van der Waals surface area contributed by atoms with Gasteiger partial charge < -0.3 is 11.1 Å². The van der Waals surface area contributed by atoms with Crippen LogP contribution in [0.1, 0.15) is 48.9 Å². The molecule has 0 bridgehead atoms. The molecule has 1 saturated heterocycles. The maximum atomic E-state index is 12.5. The molecule has 1 aromatic heterocycles. The van der Waals surface area contributed by atoms with E-state index in [-0.39, 0.29) is 43.7 Å². The van der Waals surface area contributed by atoms with Crippen molar-refractivity contribution in [3.05, 3.63) is 11.8 Å². The van der Waals surface area contributed by atoms with Crippen LogP contribution in [0, 0.1) is 11.3 Å². The summed E-state index contributed by atoms with van der Waals surface area (Å²) in [6, 6.07) is 2.02. The smallest absolute Gasteiger partial charge is 0.365 e. The van der Waals surface area contributed by atoms with Gasteiger partial charge >= 0.3 is 6.18 Å². The molecule has 11 heteroatoms. The summed E-state index contributed by atoms with van der Waals surface area (Å²) in [5.41, 5.74) is 4.37. The Labute approximate surface area is 160 Å². The van der Waals surface area contributed by atoms with Crippen molar-refractivity contribution in [2.24, 2.45) is 5.73 Å². The summed E-state index contributed by atoms with van der Waals surface area (Å²) in [5.74, 6) is -0.852. The number of alkyl halides is 3. The van der Waals surface area contributed by atoms with Crippen LogP contribution in [-0.2, 0) is 10.3 Å². The maximum absolute atomic E-state index is 12.5. The Bertz CT molecular complexity index is 727. The van der Waals surface area contributed by atoms with Crippen molar-refractivity contribution in [3.8, 4) is 6.07 Å². The van der Waals surface area contributed by atoms with Crippen molar-refractivity contribution in [2.45, 2.75) is 50.2 Å². The van der Waals surface area contributed by atoms with Gasteiger partial charge in [-0.2, -0.15) is 23.5 Å². The number of amides is 2. The van der Waals surface area contributed by atoms with Gasteiger partial charge in [-0.15, -0.1) is 0 Å². The van der Waals surface area contributed by atoms with Crippen molar-refractivity contribution in [2.75, 3.05) is 25.0 Å². The molecule has 0 radical (unpaired) electrons. The minimum Gasteiger partial charge on any atom is -0.365 e. The molecule has 154 valence electrons. The van der Waals surface area contributed by atoms with E-state index in [9.17, 15) is 22.8 Å². The van der Waals surface area contributed by atoms with Crippen molar-refractivity contribution < 1.29 is 22.8 Å². The first-order valence-electron chi connectivity index (χ1n) is 8.97. The summed E-state index contributed by atoms with van der Waals surface area (Å²) in [6.07, 6.45) is 2.37. The molecule has 28 heavy (non-hydrogen) atoms. The van der Waals surface area contributed by atoms with Gasteiger partial charge in [-0.25, -0.2) is 0 Å².